The Morgan fingerprint density at radius 1 is 1.03 bits per heavy atom. The summed E-state index contributed by atoms with van der Waals surface area (Å²) in [5, 5.41) is 26.5. The second kappa shape index (κ2) is 12.3. The lowest BCUT2D eigenvalue weighted by molar-refractivity contribution is -0.141. The van der Waals surface area contributed by atoms with Crippen molar-refractivity contribution in [1.82, 2.24) is 20.9 Å². The number of amides is 4. The zero-order valence-corrected chi connectivity index (χ0v) is 18.2. The standard InChI is InChI=1S/C21H28N6O7/c22-13(5-6-17(23)29)19(31)27-16(10-28)20(32)25-9-18(30)26-15(21(33)34)7-11-8-24-14-4-2-1-3-12(11)14/h1-4,8,13,15-16,24,28H,5-7,9-10,22H2,(H2,23,29)(H,25,32)(H,26,30)(H,27,31)(H,33,34). The molecule has 0 fully saturated rings. The number of carbonyl (C=O) groups is 5. The molecule has 2 aromatic rings. The molecule has 0 bridgehead atoms. The van der Waals surface area contributed by atoms with Gasteiger partial charge in [0, 0.05) is 29.9 Å². The number of fused-ring (bicyclic) bond motifs is 1. The van der Waals surface area contributed by atoms with Crippen molar-refractivity contribution in [1.29, 1.82) is 0 Å². The van der Waals surface area contributed by atoms with Crippen molar-refractivity contribution in [3.8, 4) is 0 Å². The third-order valence-corrected chi connectivity index (χ3v) is 5.01. The molecule has 184 valence electrons. The molecule has 3 atom stereocenters. The van der Waals surface area contributed by atoms with E-state index in [4.69, 9.17) is 11.5 Å². The van der Waals surface area contributed by atoms with E-state index in [1.165, 1.54) is 0 Å². The number of hydrogen-bond acceptors (Lipinski definition) is 7. The monoisotopic (exact) mass is 476 g/mol. The molecule has 0 saturated carbocycles. The average Bonchev–Trinajstić information content (AvgIpc) is 3.21. The number of hydrogen-bond donors (Lipinski definition) is 8. The Morgan fingerprint density at radius 3 is 2.38 bits per heavy atom. The number of nitrogens with two attached hydrogens (primary N) is 2. The van der Waals surface area contributed by atoms with Gasteiger partial charge in [0.25, 0.3) is 0 Å². The largest absolute Gasteiger partial charge is 0.480 e. The molecule has 13 nitrogen and oxygen atoms in total. The highest BCUT2D eigenvalue weighted by Gasteiger charge is 2.25. The van der Waals surface area contributed by atoms with Crippen LogP contribution >= 0.6 is 0 Å². The number of carbonyl (C=O) groups excluding carboxylic acids is 4. The van der Waals surface area contributed by atoms with Crippen LogP contribution in [0.3, 0.4) is 0 Å². The summed E-state index contributed by atoms with van der Waals surface area (Å²) in [5.74, 6) is -4.34. The Bertz CT molecular complexity index is 1050. The van der Waals surface area contributed by atoms with Crippen LogP contribution in [0.1, 0.15) is 18.4 Å². The molecule has 0 aliphatic carbocycles. The van der Waals surface area contributed by atoms with Gasteiger partial charge >= 0.3 is 5.97 Å². The fourth-order valence-electron chi connectivity index (χ4n) is 3.16. The van der Waals surface area contributed by atoms with E-state index < -0.39 is 60.9 Å². The summed E-state index contributed by atoms with van der Waals surface area (Å²) in [7, 11) is 0. The van der Waals surface area contributed by atoms with Crippen molar-refractivity contribution >= 4 is 40.5 Å². The van der Waals surface area contributed by atoms with Gasteiger partial charge in [-0.05, 0) is 18.1 Å². The fourth-order valence-corrected chi connectivity index (χ4v) is 3.16. The first-order valence-electron chi connectivity index (χ1n) is 10.4. The number of aromatic amines is 1. The number of benzene rings is 1. The van der Waals surface area contributed by atoms with Gasteiger partial charge < -0.3 is 42.6 Å². The summed E-state index contributed by atoms with van der Waals surface area (Å²) in [5.41, 5.74) is 12.1. The number of carboxylic acids is 1. The van der Waals surface area contributed by atoms with Crippen LogP contribution in [-0.4, -0.2) is 76.1 Å². The van der Waals surface area contributed by atoms with Gasteiger partial charge in [-0.2, -0.15) is 0 Å². The Hall–Kier alpha value is -3.97. The van der Waals surface area contributed by atoms with E-state index in [2.05, 4.69) is 20.9 Å². The zero-order valence-electron chi connectivity index (χ0n) is 18.2. The van der Waals surface area contributed by atoms with Crippen LogP contribution in [-0.2, 0) is 30.4 Å². The summed E-state index contributed by atoms with van der Waals surface area (Å²) in [4.78, 5) is 61.9. The topological polar surface area (TPSA) is 230 Å². The van der Waals surface area contributed by atoms with Gasteiger partial charge in [0.2, 0.25) is 23.6 Å². The van der Waals surface area contributed by atoms with E-state index in [0.29, 0.717) is 5.56 Å². The zero-order chi connectivity index (χ0) is 25.3. The third kappa shape index (κ3) is 7.56. The molecular formula is C21H28N6O7. The van der Waals surface area contributed by atoms with Crippen LogP contribution in [0.2, 0.25) is 0 Å². The van der Waals surface area contributed by atoms with Crippen molar-refractivity contribution in [2.24, 2.45) is 11.5 Å². The molecule has 2 rings (SSSR count). The molecule has 1 aromatic carbocycles. The quantitative estimate of drug-likeness (QED) is 0.153. The minimum Gasteiger partial charge on any atom is -0.480 e. The van der Waals surface area contributed by atoms with E-state index in [1.807, 2.05) is 24.3 Å². The molecule has 10 N–H and O–H groups in total. The van der Waals surface area contributed by atoms with E-state index in [9.17, 15) is 34.2 Å². The predicted molar refractivity (Wildman–Crippen MR) is 120 cm³/mol. The number of aliphatic hydroxyl groups excluding tert-OH is 1. The smallest absolute Gasteiger partial charge is 0.326 e. The third-order valence-electron chi connectivity index (χ3n) is 5.01. The summed E-state index contributed by atoms with van der Waals surface area (Å²) >= 11 is 0. The van der Waals surface area contributed by atoms with Gasteiger partial charge in [-0.25, -0.2) is 4.79 Å². The van der Waals surface area contributed by atoms with Gasteiger partial charge in [0.1, 0.15) is 12.1 Å². The van der Waals surface area contributed by atoms with Crippen LogP contribution in [0.25, 0.3) is 10.9 Å². The molecule has 1 aromatic heterocycles. The molecule has 1 heterocycles. The Labute approximate surface area is 194 Å². The molecule has 0 radical (unpaired) electrons. The number of aliphatic carboxylic acids is 1. The second-order valence-corrected chi connectivity index (χ2v) is 7.59. The van der Waals surface area contributed by atoms with E-state index in [0.717, 1.165) is 10.9 Å². The van der Waals surface area contributed by atoms with Crippen LogP contribution in [0.4, 0.5) is 0 Å². The van der Waals surface area contributed by atoms with Gasteiger partial charge in [0.15, 0.2) is 0 Å². The number of para-hydroxylation sites is 1. The summed E-state index contributed by atoms with van der Waals surface area (Å²) in [6, 6.07) is 3.53. The van der Waals surface area contributed by atoms with E-state index >= 15 is 0 Å². The summed E-state index contributed by atoms with van der Waals surface area (Å²) in [6.07, 6.45) is 1.50. The maximum atomic E-state index is 12.2. The number of nitrogens with one attached hydrogen (secondary N) is 4. The minimum absolute atomic E-state index is 0.0115. The van der Waals surface area contributed by atoms with Crippen LogP contribution < -0.4 is 27.4 Å². The summed E-state index contributed by atoms with van der Waals surface area (Å²) in [6.45, 7) is -1.36. The molecular weight excluding hydrogens is 448 g/mol. The normalized spacial score (nSPS) is 13.5. The van der Waals surface area contributed by atoms with Crippen molar-refractivity contribution in [2.45, 2.75) is 37.4 Å². The summed E-state index contributed by atoms with van der Waals surface area (Å²) < 4.78 is 0. The fraction of sp³-hybridized carbons (Fsp3) is 0.381. The van der Waals surface area contributed by atoms with Crippen molar-refractivity contribution < 1.29 is 34.2 Å². The first-order valence-corrected chi connectivity index (χ1v) is 10.4. The minimum atomic E-state index is -1.40. The lowest BCUT2D eigenvalue weighted by atomic mass is 10.0. The maximum Gasteiger partial charge on any atom is 0.326 e. The Balaban J connectivity index is 1.88. The van der Waals surface area contributed by atoms with Gasteiger partial charge in [-0.15, -0.1) is 0 Å². The van der Waals surface area contributed by atoms with Crippen molar-refractivity contribution in [3.63, 3.8) is 0 Å². The average molecular weight is 476 g/mol. The van der Waals surface area contributed by atoms with E-state index in [-0.39, 0.29) is 19.3 Å². The predicted octanol–water partition coefficient (Wildman–Crippen LogP) is -2.53. The Morgan fingerprint density at radius 2 is 1.74 bits per heavy atom. The number of primary amides is 1. The highest BCUT2D eigenvalue weighted by atomic mass is 16.4. The number of H-pyrrole nitrogens is 1. The molecule has 0 aliphatic rings. The number of carboxylic acid groups (broad SMARTS) is 1. The molecule has 0 spiro atoms. The first kappa shape index (κ1) is 26.3. The van der Waals surface area contributed by atoms with Gasteiger partial charge in [-0.1, -0.05) is 18.2 Å². The highest BCUT2D eigenvalue weighted by molar-refractivity contribution is 5.93. The molecule has 13 heteroatoms. The lowest BCUT2D eigenvalue weighted by Gasteiger charge is -2.19. The van der Waals surface area contributed by atoms with Gasteiger partial charge in [0.05, 0.1) is 19.2 Å². The Kier molecular flexibility index (Phi) is 9.52. The first-order chi connectivity index (χ1) is 16.1. The second-order valence-electron chi connectivity index (χ2n) is 7.59. The van der Waals surface area contributed by atoms with Crippen molar-refractivity contribution in [2.75, 3.05) is 13.2 Å². The number of aromatic nitrogens is 1. The van der Waals surface area contributed by atoms with E-state index in [1.54, 1.807) is 6.20 Å². The number of aliphatic hydroxyl groups is 1. The lowest BCUT2D eigenvalue weighted by Crippen LogP contribution is -2.55. The SMILES string of the molecule is NC(=O)CCC(N)C(=O)NC(CO)C(=O)NCC(=O)NC(Cc1c[nH]c2ccccc12)C(=O)O. The van der Waals surface area contributed by atoms with Crippen LogP contribution in [0.5, 0.6) is 0 Å². The highest BCUT2D eigenvalue weighted by Crippen LogP contribution is 2.19. The van der Waals surface area contributed by atoms with Crippen molar-refractivity contribution in [3.05, 3.63) is 36.0 Å². The number of rotatable bonds is 13. The van der Waals surface area contributed by atoms with Crippen LogP contribution in [0.15, 0.2) is 30.5 Å². The molecule has 3 unspecified atom stereocenters. The molecule has 34 heavy (non-hydrogen) atoms. The molecule has 0 aliphatic heterocycles. The maximum absolute atomic E-state index is 12.2. The van der Waals surface area contributed by atoms with Gasteiger partial charge in [-0.3, -0.25) is 19.2 Å². The molecule has 0 saturated heterocycles. The van der Waals surface area contributed by atoms with Crippen LogP contribution in [0, 0.1) is 0 Å². The molecule has 4 amide bonds.